The molecule has 7 nitrogen and oxygen atoms in total. The average molecular weight is 366 g/mol. The van der Waals surface area contributed by atoms with E-state index >= 15 is 0 Å². The highest BCUT2D eigenvalue weighted by atomic mass is 32.2. The van der Waals surface area contributed by atoms with Gasteiger partial charge in [0.15, 0.2) is 10.9 Å². The largest absolute Gasteiger partial charge is 0.337 e. The molecule has 132 valence electrons. The summed E-state index contributed by atoms with van der Waals surface area (Å²) >= 11 is 1.47. The number of rotatable bonds is 5. The second-order valence-corrected chi connectivity index (χ2v) is 6.89. The number of carbonyl (C=O) groups excluding carboxylic acids is 1. The van der Waals surface area contributed by atoms with Crippen LogP contribution >= 0.6 is 11.8 Å². The summed E-state index contributed by atoms with van der Waals surface area (Å²) in [5.74, 6) is 0.468. The molecule has 4 rings (SSSR count). The van der Waals surface area contributed by atoms with Gasteiger partial charge in [-0.25, -0.2) is 14.6 Å². The van der Waals surface area contributed by atoms with E-state index in [1.807, 2.05) is 35.2 Å². The Kier molecular flexibility index (Phi) is 4.92. The van der Waals surface area contributed by atoms with Gasteiger partial charge in [-0.3, -0.25) is 4.79 Å². The number of nitrogens with zero attached hydrogens (tertiary/aromatic N) is 6. The smallest absolute Gasteiger partial charge is 0.276 e. The average Bonchev–Trinajstić information content (AvgIpc) is 3.37. The van der Waals surface area contributed by atoms with E-state index < -0.39 is 0 Å². The van der Waals surface area contributed by atoms with E-state index in [9.17, 15) is 4.79 Å². The van der Waals surface area contributed by atoms with Crippen molar-refractivity contribution >= 4 is 17.7 Å². The molecule has 1 aromatic carbocycles. The zero-order chi connectivity index (χ0) is 17.8. The summed E-state index contributed by atoms with van der Waals surface area (Å²) in [6, 6.07) is 11.5. The lowest BCUT2D eigenvalue weighted by atomic mass is 10.2. The maximum Gasteiger partial charge on any atom is 0.276 e. The second kappa shape index (κ2) is 7.65. The standard InChI is InChI=1S/C18H18N6OS/c25-17(23-11-4-5-12-23)16-15(13-26-18-19-9-6-10-20-18)24(22-21-16)14-7-2-1-3-8-14/h1-3,6-10H,4-5,11-13H2. The van der Waals surface area contributed by atoms with Crippen molar-refractivity contribution in [2.75, 3.05) is 13.1 Å². The number of hydrogen-bond donors (Lipinski definition) is 0. The van der Waals surface area contributed by atoms with E-state index in [0.29, 0.717) is 16.6 Å². The minimum Gasteiger partial charge on any atom is -0.337 e. The fraction of sp³-hybridized carbons (Fsp3) is 0.278. The predicted molar refractivity (Wildman–Crippen MR) is 98.1 cm³/mol. The lowest BCUT2D eigenvalue weighted by Crippen LogP contribution is -2.28. The van der Waals surface area contributed by atoms with Crippen LogP contribution in [0.1, 0.15) is 29.0 Å². The highest BCUT2D eigenvalue weighted by molar-refractivity contribution is 7.98. The van der Waals surface area contributed by atoms with Crippen LogP contribution in [0.3, 0.4) is 0 Å². The molecule has 1 saturated heterocycles. The van der Waals surface area contributed by atoms with Crippen LogP contribution in [0.2, 0.25) is 0 Å². The summed E-state index contributed by atoms with van der Waals surface area (Å²) in [5, 5.41) is 9.13. The van der Waals surface area contributed by atoms with Crippen LogP contribution in [0.5, 0.6) is 0 Å². The molecular weight excluding hydrogens is 348 g/mol. The summed E-state index contributed by atoms with van der Waals surface area (Å²) in [6.07, 6.45) is 5.50. The maximum absolute atomic E-state index is 12.9. The van der Waals surface area contributed by atoms with Crippen molar-refractivity contribution in [1.29, 1.82) is 0 Å². The van der Waals surface area contributed by atoms with Crippen LogP contribution < -0.4 is 0 Å². The number of benzene rings is 1. The highest BCUT2D eigenvalue weighted by Crippen LogP contribution is 2.24. The predicted octanol–water partition coefficient (Wildman–Crippen LogP) is 2.59. The molecule has 0 aliphatic carbocycles. The van der Waals surface area contributed by atoms with Crippen molar-refractivity contribution in [3.8, 4) is 5.69 Å². The molecule has 1 fully saturated rings. The van der Waals surface area contributed by atoms with E-state index in [-0.39, 0.29) is 5.91 Å². The molecule has 3 aromatic rings. The third kappa shape index (κ3) is 3.45. The van der Waals surface area contributed by atoms with Gasteiger partial charge in [0.25, 0.3) is 5.91 Å². The number of hydrogen-bond acceptors (Lipinski definition) is 6. The van der Waals surface area contributed by atoms with Gasteiger partial charge < -0.3 is 4.90 Å². The number of aromatic nitrogens is 5. The van der Waals surface area contributed by atoms with Crippen LogP contribution in [-0.2, 0) is 5.75 Å². The lowest BCUT2D eigenvalue weighted by molar-refractivity contribution is 0.0786. The van der Waals surface area contributed by atoms with Crippen LogP contribution in [0, 0.1) is 0 Å². The first-order valence-corrected chi connectivity index (χ1v) is 9.50. The molecule has 1 amide bonds. The molecule has 0 atom stereocenters. The van der Waals surface area contributed by atoms with Crippen molar-refractivity contribution in [3.05, 3.63) is 60.2 Å². The third-order valence-corrected chi connectivity index (χ3v) is 5.13. The topological polar surface area (TPSA) is 76.8 Å². The first-order valence-electron chi connectivity index (χ1n) is 8.52. The Morgan fingerprint density at radius 2 is 1.77 bits per heavy atom. The van der Waals surface area contributed by atoms with Gasteiger partial charge in [0, 0.05) is 31.2 Å². The Labute approximate surface area is 155 Å². The molecular formula is C18H18N6OS. The quantitative estimate of drug-likeness (QED) is 0.510. The normalized spacial score (nSPS) is 13.9. The van der Waals surface area contributed by atoms with E-state index in [2.05, 4.69) is 20.3 Å². The van der Waals surface area contributed by atoms with Gasteiger partial charge in [-0.05, 0) is 31.0 Å². The molecule has 26 heavy (non-hydrogen) atoms. The van der Waals surface area contributed by atoms with Gasteiger partial charge in [0.05, 0.1) is 11.4 Å². The molecule has 0 saturated carbocycles. The third-order valence-electron chi connectivity index (χ3n) is 4.24. The van der Waals surface area contributed by atoms with Crippen molar-refractivity contribution in [3.63, 3.8) is 0 Å². The Morgan fingerprint density at radius 3 is 2.50 bits per heavy atom. The monoisotopic (exact) mass is 366 g/mol. The van der Waals surface area contributed by atoms with Gasteiger partial charge in [0.2, 0.25) is 0 Å². The van der Waals surface area contributed by atoms with Gasteiger partial charge in [-0.15, -0.1) is 5.10 Å². The summed E-state index contributed by atoms with van der Waals surface area (Å²) in [7, 11) is 0. The first kappa shape index (κ1) is 16.7. The molecule has 0 spiro atoms. The Bertz CT molecular complexity index is 877. The summed E-state index contributed by atoms with van der Waals surface area (Å²) < 4.78 is 1.74. The molecule has 0 unspecified atom stereocenters. The van der Waals surface area contributed by atoms with Gasteiger partial charge in [-0.1, -0.05) is 35.2 Å². The van der Waals surface area contributed by atoms with Crippen LogP contribution in [0.25, 0.3) is 5.69 Å². The minimum atomic E-state index is -0.0470. The Morgan fingerprint density at radius 1 is 1.04 bits per heavy atom. The number of thioether (sulfide) groups is 1. The zero-order valence-electron chi connectivity index (χ0n) is 14.2. The fourth-order valence-corrected chi connectivity index (χ4v) is 3.73. The Balaban J connectivity index is 1.67. The number of carbonyl (C=O) groups is 1. The molecule has 1 aliphatic heterocycles. The molecule has 1 aliphatic rings. The number of para-hydroxylation sites is 1. The van der Waals surface area contributed by atoms with Crippen LogP contribution in [0.4, 0.5) is 0 Å². The van der Waals surface area contributed by atoms with Gasteiger partial charge >= 0.3 is 0 Å². The van der Waals surface area contributed by atoms with Gasteiger partial charge in [-0.2, -0.15) is 0 Å². The van der Waals surface area contributed by atoms with Gasteiger partial charge in [0.1, 0.15) is 0 Å². The van der Waals surface area contributed by atoms with Crippen molar-refractivity contribution in [2.45, 2.75) is 23.8 Å². The van der Waals surface area contributed by atoms with E-state index in [1.54, 1.807) is 23.1 Å². The van der Waals surface area contributed by atoms with Crippen molar-refractivity contribution in [1.82, 2.24) is 29.9 Å². The SMILES string of the molecule is O=C(c1nnn(-c2ccccc2)c1CSc1ncccn1)N1CCCC1. The number of amides is 1. The maximum atomic E-state index is 12.9. The highest BCUT2D eigenvalue weighted by Gasteiger charge is 2.27. The zero-order valence-corrected chi connectivity index (χ0v) is 15.0. The first-order chi connectivity index (χ1) is 12.8. The molecule has 0 bridgehead atoms. The molecule has 3 heterocycles. The fourth-order valence-electron chi connectivity index (χ4n) is 2.94. The number of likely N-dealkylation sites (tertiary alicyclic amines) is 1. The van der Waals surface area contributed by atoms with Crippen LogP contribution in [0.15, 0.2) is 53.9 Å². The summed E-state index contributed by atoms with van der Waals surface area (Å²) in [4.78, 5) is 23.2. The van der Waals surface area contributed by atoms with Crippen molar-refractivity contribution < 1.29 is 4.79 Å². The summed E-state index contributed by atoms with van der Waals surface area (Å²) in [5.41, 5.74) is 2.06. The lowest BCUT2D eigenvalue weighted by Gasteiger charge is -2.14. The van der Waals surface area contributed by atoms with E-state index in [1.165, 1.54) is 11.8 Å². The minimum absolute atomic E-state index is 0.0470. The van der Waals surface area contributed by atoms with Crippen molar-refractivity contribution in [2.24, 2.45) is 0 Å². The van der Waals surface area contributed by atoms with E-state index in [0.717, 1.165) is 37.3 Å². The second-order valence-electron chi connectivity index (χ2n) is 5.95. The van der Waals surface area contributed by atoms with E-state index in [4.69, 9.17) is 0 Å². The summed E-state index contributed by atoms with van der Waals surface area (Å²) in [6.45, 7) is 1.57. The molecule has 0 radical (unpaired) electrons. The van der Waals surface area contributed by atoms with Crippen LogP contribution in [-0.4, -0.2) is 48.9 Å². The molecule has 2 aromatic heterocycles. The molecule has 8 heteroatoms. The Hall–Kier alpha value is -2.74. The molecule has 0 N–H and O–H groups in total.